The maximum atomic E-state index is 8.65. The molecule has 1 heteroatoms. The third-order valence-corrected chi connectivity index (χ3v) is 3.39. The molecule has 0 aromatic rings. The van der Waals surface area contributed by atoms with E-state index in [1.165, 1.54) is 37.7 Å². The molecule has 1 saturated carbocycles. The first kappa shape index (κ1) is 9.52. The Labute approximate surface area is 86.1 Å². The van der Waals surface area contributed by atoms with Crippen LogP contribution in [-0.2, 0) is 0 Å². The molecule has 0 saturated heterocycles. The van der Waals surface area contributed by atoms with Crippen molar-refractivity contribution < 1.29 is 0 Å². The summed E-state index contributed by atoms with van der Waals surface area (Å²) in [7, 11) is 0. The van der Waals surface area contributed by atoms with Crippen LogP contribution in [0.4, 0.5) is 0 Å². The van der Waals surface area contributed by atoms with Gasteiger partial charge < -0.3 is 0 Å². The van der Waals surface area contributed by atoms with E-state index >= 15 is 0 Å². The molecule has 2 aliphatic carbocycles. The van der Waals surface area contributed by atoms with Gasteiger partial charge in [0.2, 0.25) is 0 Å². The molecule has 0 aliphatic heterocycles. The van der Waals surface area contributed by atoms with Crippen molar-refractivity contribution in [1.82, 2.24) is 0 Å². The second-order valence-corrected chi connectivity index (χ2v) is 4.40. The SMILES string of the molecule is N#CCC1=CC2CCCCCC2C=C1. The largest absolute Gasteiger partial charge is 0.198 e. The topological polar surface area (TPSA) is 23.8 Å². The van der Waals surface area contributed by atoms with Gasteiger partial charge in [0.25, 0.3) is 0 Å². The number of rotatable bonds is 1. The van der Waals surface area contributed by atoms with Crippen LogP contribution in [-0.4, -0.2) is 0 Å². The minimum Gasteiger partial charge on any atom is -0.198 e. The smallest absolute Gasteiger partial charge is 0.0669 e. The van der Waals surface area contributed by atoms with Crippen LogP contribution in [0.25, 0.3) is 0 Å². The van der Waals surface area contributed by atoms with Crippen LogP contribution in [0.1, 0.15) is 38.5 Å². The number of nitriles is 1. The summed E-state index contributed by atoms with van der Waals surface area (Å²) in [6.45, 7) is 0. The molecule has 2 rings (SSSR count). The molecule has 0 aromatic carbocycles. The van der Waals surface area contributed by atoms with Crippen molar-refractivity contribution in [1.29, 1.82) is 5.26 Å². The van der Waals surface area contributed by atoms with E-state index in [0.29, 0.717) is 6.42 Å². The van der Waals surface area contributed by atoms with Crippen molar-refractivity contribution in [2.45, 2.75) is 38.5 Å². The van der Waals surface area contributed by atoms with Crippen LogP contribution < -0.4 is 0 Å². The molecule has 2 atom stereocenters. The molecule has 0 aromatic heterocycles. The van der Waals surface area contributed by atoms with E-state index in [1.807, 2.05) is 0 Å². The van der Waals surface area contributed by atoms with E-state index in [0.717, 1.165) is 11.8 Å². The van der Waals surface area contributed by atoms with Gasteiger partial charge in [0, 0.05) is 0 Å². The van der Waals surface area contributed by atoms with Gasteiger partial charge in [-0.3, -0.25) is 0 Å². The number of hydrogen-bond donors (Lipinski definition) is 0. The number of fused-ring (bicyclic) bond motifs is 1. The molecule has 0 amide bonds. The maximum Gasteiger partial charge on any atom is 0.0669 e. The highest BCUT2D eigenvalue weighted by atomic mass is 14.3. The fourth-order valence-electron chi connectivity index (χ4n) is 2.60. The van der Waals surface area contributed by atoms with Gasteiger partial charge in [-0.1, -0.05) is 37.5 Å². The quantitative estimate of drug-likeness (QED) is 0.615. The molecule has 0 heterocycles. The summed E-state index contributed by atoms with van der Waals surface area (Å²) in [5.41, 5.74) is 1.23. The van der Waals surface area contributed by atoms with Crippen molar-refractivity contribution in [2.24, 2.45) is 11.8 Å². The van der Waals surface area contributed by atoms with Crippen LogP contribution in [0.2, 0.25) is 0 Å². The summed E-state index contributed by atoms with van der Waals surface area (Å²) in [6, 6.07) is 2.23. The number of allylic oxidation sites excluding steroid dienone is 4. The van der Waals surface area contributed by atoms with Crippen LogP contribution in [0.3, 0.4) is 0 Å². The number of nitrogens with zero attached hydrogens (tertiary/aromatic N) is 1. The van der Waals surface area contributed by atoms with Gasteiger partial charge in [0.05, 0.1) is 12.5 Å². The Kier molecular flexibility index (Phi) is 3.03. The first-order valence-corrected chi connectivity index (χ1v) is 5.66. The van der Waals surface area contributed by atoms with Crippen molar-refractivity contribution in [3.63, 3.8) is 0 Å². The predicted molar refractivity (Wildman–Crippen MR) is 57.5 cm³/mol. The highest BCUT2D eigenvalue weighted by Crippen LogP contribution is 2.34. The fraction of sp³-hybridized carbons (Fsp3) is 0.615. The van der Waals surface area contributed by atoms with Gasteiger partial charge >= 0.3 is 0 Å². The standard InChI is InChI=1S/C13H17N/c14-9-8-11-6-7-12-4-2-1-3-5-13(12)10-11/h6-7,10,12-13H,1-5,8H2. The monoisotopic (exact) mass is 187 g/mol. The summed E-state index contributed by atoms with van der Waals surface area (Å²) in [5.74, 6) is 1.49. The zero-order valence-electron chi connectivity index (χ0n) is 8.58. The minimum atomic E-state index is 0.583. The molecule has 14 heavy (non-hydrogen) atoms. The van der Waals surface area contributed by atoms with Crippen LogP contribution in [0.15, 0.2) is 23.8 Å². The molecule has 0 bridgehead atoms. The van der Waals surface area contributed by atoms with Crippen molar-refractivity contribution in [2.75, 3.05) is 0 Å². The first-order valence-electron chi connectivity index (χ1n) is 5.66. The Hall–Kier alpha value is -1.03. The minimum absolute atomic E-state index is 0.583. The van der Waals surface area contributed by atoms with Gasteiger partial charge in [-0.05, 0) is 30.3 Å². The Morgan fingerprint density at radius 1 is 1.21 bits per heavy atom. The van der Waals surface area contributed by atoms with Gasteiger partial charge in [-0.15, -0.1) is 0 Å². The summed E-state index contributed by atoms with van der Waals surface area (Å²) < 4.78 is 0. The van der Waals surface area contributed by atoms with E-state index < -0.39 is 0 Å². The van der Waals surface area contributed by atoms with Crippen LogP contribution in [0, 0.1) is 23.2 Å². The molecule has 0 spiro atoms. The van der Waals surface area contributed by atoms with E-state index in [-0.39, 0.29) is 0 Å². The third-order valence-electron chi connectivity index (χ3n) is 3.39. The van der Waals surface area contributed by atoms with E-state index in [4.69, 9.17) is 5.26 Å². The third kappa shape index (κ3) is 2.07. The Morgan fingerprint density at radius 2 is 2.00 bits per heavy atom. The molecular formula is C13H17N. The van der Waals surface area contributed by atoms with Crippen LogP contribution in [0.5, 0.6) is 0 Å². The fourth-order valence-corrected chi connectivity index (χ4v) is 2.60. The first-order chi connectivity index (χ1) is 6.90. The average molecular weight is 187 g/mol. The van der Waals surface area contributed by atoms with Gasteiger partial charge in [0.15, 0.2) is 0 Å². The highest BCUT2D eigenvalue weighted by Gasteiger charge is 2.22. The molecule has 0 N–H and O–H groups in total. The molecule has 2 aliphatic rings. The molecule has 1 fully saturated rings. The summed E-state index contributed by atoms with van der Waals surface area (Å²) in [6.07, 6.45) is 14.2. The van der Waals surface area contributed by atoms with Crippen molar-refractivity contribution in [3.05, 3.63) is 23.8 Å². The lowest BCUT2D eigenvalue weighted by Crippen LogP contribution is -2.12. The lowest BCUT2D eigenvalue weighted by Gasteiger charge is -2.23. The van der Waals surface area contributed by atoms with E-state index in [1.54, 1.807) is 0 Å². The van der Waals surface area contributed by atoms with Gasteiger partial charge in [0.1, 0.15) is 0 Å². The second kappa shape index (κ2) is 4.46. The van der Waals surface area contributed by atoms with E-state index in [9.17, 15) is 0 Å². The predicted octanol–water partition coefficient (Wildman–Crippen LogP) is 3.59. The zero-order valence-corrected chi connectivity index (χ0v) is 8.58. The van der Waals surface area contributed by atoms with Gasteiger partial charge in [-0.2, -0.15) is 5.26 Å². The molecule has 74 valence electrons. The lowest BCUT2D eigenvalue weighted by atomic mass is 9.82. The Morgan fingerprint density at radius 3 is 2.79 bits per heavy atom. The molecule has 2 unspecified atom stereocenters. The zero-order chi connectivity index (χ0) is 9.80. The summed E-state index contributed by atoms with van der Waals surface area (Å²) >= 11 is 0. The lowest BCUT2D eigenvalue weighted by molar-refractivity contribution is 0.442. The van der Waals surface area contributed by atoms with Gasteiger partial charge in [-0.25, -0.2) is 0 Å². The summed E-state index contributed by atoms with van der Waals surface area (Å²) in [4.78, 5) is 0. The molecule has 0 radical (unpaired) electrons. The Bertz CT molecular complexity index is 293. The number of hydrogen-bond acceptors (Lipinski definition) is 1. The van der Waals surface area contributed by atoms with E-state index in [2.05, 4.69) is 24.3 Å². The maximum absolute atomic E-state index is 8.65. The molecule has 1 nitrogen and oxygen atoms in total. The van der Waals surface area contributed by atoms with Crippen molar-refractivity contribution in [3.8, 4) is 6.07 Å². The van der Waals surface area contributed by atoms with Crippen molar-refractivity contribution >= 4 is 0 Å². The second-order valence-electron chi connectivity index (χ2n) is 4.40. The normalized spacial score (nSPS) is 31.2. The summed E-state index contributed by atoms with van der Waals surface area (Å²) in [5, 5.41) is 8.65. The molecular weight excluding hydrogens is 170 g/mol. The Balaban J connectivity index is 2.08. The average Bonchev–Trinajstić information content (AvgIpc) is 2.42. The van der Waals surface area contributed by atoms with Crippen LogP contribution >= 0.6 is 0 Å². The highest BCUT2D eigenvalue weighted by molar-refractivity contribution is 5.28.